The number of nitrogens with two attached hydrogens (primary N) is 1. The minimum Gasteiger partial charge on any atom is -0.376 e. The molecule has 1 aromatic rings. The van der Waals surface area contributed by atoms with Gasteiger partial charge in [-0.25, -0.2) is 4.39 Å². The Kier molecular flexibility index (Phi) is 3.53. The van der Waals surface area contributed by atoms with Crippen LogP contribution in [0.25, 0.3) is 0 Å². The van der Waals surface area contributed by atoms with Gasteiger partial charge in [-0.05, 0) is 30.2 Å². The summed E-state index contributed by atoms with van der Waals surface area (Å²) in [6.07, 6.45) is -0.141. The van der Waals surface area contributed by atoms with Crippen molar-refractivity contribution < 1.29 is 13.9 Å². The van der Waals surface area contributed by atoms with E-state index in [-0.39, 0.29) is 18.0 Å². The van der Waals surface area contributed by atoms with E-state index >= 15 is 0 Å². The maximum atomic E-state index is 13.0. The molecule has 3 nitrogen and oxygen atoms in total. The Balaban J connectivity index is 2.15. The van der Waals surface area contributed by atoms with Gasteiger partial charge in [0, 0.05) is 0 Å². The van der Waals surface area contributed by atoms with E-state index in [1.54, 1.807) is 6.07 Å². The number of halogens is 1. The Hall–Kier alpha value is -0.970. The summed E-state index contributed by atoms with van der Waals surface area (Å²) in [5.74, 6) is -0.241. The van der Waals surface area contributed by atoms with Crippen molar-refractivity contribution in [1.29, 1.82) is 0 Å². The van der Waals surface area contributed by atoms with Crippen molar-refractivity contribution in [2.75, 3.05) is 19.8 Å². The van der Waals surface area contributed by atoms with Crippen LogP contribution in [0.1, 0.15) is 17.2 Å². The predicted octanol–water partition coefficient (Wildman–Crippen LogP) is 1.55. The van der Waals surface area contributed by atoms with Gasteiger partial charge >= 0.3 is 0 Å². The average molecular weight is 225 g/mol. The third-order valence-corrected chi connectivity index (χ3v) is 2.83. The molecule has 0 spiro atoms. The lowest BCUT2D eigenvalue weighted by atomic mass is 9.97. The van der Waals surface area contributed by atoms with Crippen LogP contribution in [-0.2, 0) is 9.47 Å². The molecule has 0 radical (unpaired) electrons. The third-order valence-electron chi connectivity index (χ3n) is 2.83. The topological polar surface area (TPSA) is 44.5 Å². The molecule has 1 aliphatic heterocycles. The zero-order valence-electron chi connectivity index (χ0n) is 9.28. The highest BCUT2D eigenvalue weighted by Crippen LogP contribution is 2.22. The Bertz CT molecular complexity index is 364. The standard InChI is InChI=1S/C12H16FNO2/c1-8-6-9(13)2-3-10(8)12(14)11-7-15-4-5-16-11/h2-3,6,11-12H,4-5,7,14H2,1H3. The second-order valence-corrected chi connectivity index (χ2v) is 4.01. The summed E-state index contributed by atoms with van der Waals surface area (Å²) in [6, 6.07) is 4.36. The van der Waals surface area contributed by atoms with Crippen molar-refractivity contribution in [3.8, 4) is 0 Å². The Labute approximate surface area is 94.3 Å². The number of benzene rings is 1. The molecule has 0 bridgehead atoms. The number of ether oxygens (including phenoxy) is 2. The number of hydrogen-bond acceptors (Lipinski definition) is 3. The van der Waals surface area contributed by atoms with Crippen LogP contribution in [0, 0.1) is 12.7 Å². The van der Waals surface area contributed by atoms with E-state index in [1.165, 1.54) is 12.1 Å². The first kappa shape index (κ1) is 11.5. The molecule has 1 heterocycles. The maximum Gasteiger partial charge on any atom is 0.123 e. The molecule has 88 valence electrons. The molecular formula is C12H16FNO2. The maximum absolute atomic E-state index is 13.0. The smallest absolute Gasteiger partial charge is 0.123 e. The van der Waals surface area contributed by atoms with E-state index in [2.05, 4.69) is 0 Å². The molecule has 1 fully saturated rings. The van der Waals surface area contributed by atoms with Crippen LogP contribution < -0.4 is 5.73 Å². The summed E-state index contributed by atoms with van der Waals surface area (Å²) in [6.45, 7) is 3.53. The highest BCUT2D eigenvalue weighted by molar-refractivity contribution is 5.30. The lowest BCUT2D eigenvalue weighted by Gasteiger charge is -2.29. The molecule has 0 saturated carbocycles. The minimum atomic E-state index is -0.263. The van der Waals surface area contributed by atoms with Crippen molar-refractivity contribution in [3.05, 3.63) is 35.1 Å². The Morgan fingerprint density at radius 3 is 2.88 bits per heavy atom. The zero-order chi connectivity index (χ0) is 11.5. The van der Waals surface area contributed by atoms with Gasteiger partial charge in [0.25, 0.3) is 0 Å². The minimum absolute atomic E-state index is 0.141. The van der Waals surface area contributed by atoms with Gasteiger partial charge in [-0.3, -0.25) is 0 Å². The van der Waals surface area contributed by atoms with Gasteiger partial charge in [-0.2, -0.15) is 0 Å². The monoisotopic (exact) mass is 225 g/mol. The average Bonchev–Trinajstić information content (AvgIpc) is 2.29. The van der Waals surface area contributed by atoms with E-state index in [0.717, 1.165) is 11.1 Å². The molecule has 2 rings (SSSR count). The summed E-state index contributed by atoms with van der Waals surface area (Å²) in [5.41, 5.74) is 7.86. The van der Waals surface area contributed by atoms with Gasteiger partial charge in [0.1, 0.15) is 11.9 Å². The first-order valence-corrected chi connectivity index (χ1v) is 5.39. The molecular weight excluding hydrogens is 209 g/mol. The van der Waals surface area contributed by atoms with E-state index < -0.39 is 0 Å². The third kappa shape index (κ3) is 2.40. The van der Waals surface area contributed by atoms with Crippen LogP contribution in [0.4, 0.5) is 4.39 Å². The quantitative estimate of drug-likeness (QED) is 0.830. The van der Waals surface area contributed by atoms with Gasteiger partial charge in [0.15, 0.2) is 0 Å². The van der Waals surface area contributed by atoms with E-state index in [0.29, 0.717) is 19.8 Å². The molecule has 4 heteroatoms. The van der Waals surface area contributed by atoms with Crippen molar-refractivity contribution in [2.45, 2.75) is 19.1 Å². The first-order chi connectivity index (χ1) is 7.68. The van der Waals surface area contributed by atoms with Crippen LogP contribution in [0.5, 0.6) is 0 Å². The predicted molar refractivity (Wildman–Crippen MR) is 58.6 cm³/mol. The highest BCUT2D eigenvalue weighted by Gasteiger charge is 2.24. The second kappa shape index (κ2) is 4.91. The normalized spacial score (nSPS) is 23.1. The SMILES string of the molecule is Cc1cc(F)ccc1C(N)C1COCCO1. The molecule has 2 N–H and O–H groups in total. The Morgan fingerprint density at radius 2 is 2.25 bits per heavy atom. The van der Waals surface area contributed by atoms with Gasteiger partial charge in [-0.1, -0.05) is 6.07 Å². The molecule has 16 heavy (non-hydrogen) atoms. The first-order valence-electron chi connectivity index (χ1n) is 5.39. The van der Waals surface area contributed by atoms with Gasteiger partial charge in [-0.15, -0.1) is 0 Å². The summed E-state index contributed by atoms with van der Waals surface area (Å²) >= 11 is 0. The number of rotatable bonds is 2. The van der Waals surface area contributed by atoms with E-state index in [9.17, 15) is 4.39 Å². The summed E-state index contributed by atoms with van der Waals surface area (Å²) in [4.78, 5) is 0. The molecule has 1 saturated heterocycles. The van der Waals surface area contributed by atoms with Crippen LogP contribution >= 0.6 is 0 Å². The fourth-order valence-corrected chi connectivity index (χ4v) is 1.93. The van der Waals surface area contributed by atoms with E-state index in [4.69, 9.17) is 15.2 Å². The summed E-state index contributed by atoms with van der Waals surface area (Å²) in [7, 11) is 0. The van der Waals surface area contributed by atoms with Crippen LogP contribution in [0.2, 0.25) is 0 Å². The lowest BCUT2D eigenvalue weighted by molar-refractivity contribution is -0.0976. The number of hydrogen-bond donors (Lipinski definition) is 1. The summed E-state index contributed by atoms with van der Waals surface area (Å²) in [5, 5.41) is 0. The highest BCUT2D eigenvalue weighted by atomic mass is 19.1. The van der Waals surface area contributed by atoms with Crippen molar-refractivity contribution in [2.24, 2.45) is 5.73 Å². The molecule has 0 aromatic heterocycles. The molecule has 0 aliphatic carbocycles. The Morgan fingerprint density at radius 1 is 1.44 bits per heavy atom. The molecule has 2 unspecified atom stereocenters. The number of aryl methyl sites for hydroxylation is 1. The van der Waals surface area contributed by atoms with Crippen molar-refractivity contribution >= 4 is 0 Å². The van der Waals surface area contributed by atoms with Crippen LogP contribution in [0.3, 0.4) is 0 Å². The van der Waals surface area contributed by atoms with Crippen molar-refractivity contribution in [3.63, 3.8) is 0 Å². The van der Waals surface area contributed by atoms with Gasteiger partial charge in [0.05, 0.1) is 25.9 Å². The summed E-state index contributed by atoms with van der Waals surface area (Å²) < 4.78 is 23.8. The molecule has 1 aliphatic rings. The lowest BCUT2D eigenvalue weighted by Crippen LogP contribution is -2.38. The van der Waals surface area contributed by atoms with Gasteiger partial charge < -0.3 is 15.2 Å². The molecule has 0 amide bonds. The molecule has 2 atom stereocenters. The molecule has 1 aromatic carbocycles. The fourth-order valence-electron chi connectivity index (χ4n) is 1.93. The van der Waals surface area contributed by atoms with Crippen molar-refractivity contribution in [1.82, 2.24) is 0 Å². The second-order valence-electron chi connectivity index (χ2n) is 4.01. The van der Waals surface area contributed by atoms with E-state index in [1.807, 2.05) is 6.92 Å². The largest absolute Gasteiger partial charge is 0.376 e. The fraction of sp³-hybridized carbons (Fsp3) is 0.500. The van der Waals surface area contributed by atoms with Crippen LogP contribution in [0.15, 0.2) is 18.2 Å². The zero-order valence-corrected chi connectivity index (χ0v) is 9.28. The van der Waals surface area contributed by atoms with Gasteiger partial charge in [0.2, 0.25) is 0 Å². The van der Waals surface area contributed by atoms with Crippen LogP contribution in [-0.4, -0.2) is 25.9 Å².